The second kappa shape index (κ2) is 6.87. The third-order valence-corrected chi connectivity index (χ3v) is 5.51. The minimum atomic E-state index is -1.02. The fraction of sp³-hybridized carbons (Fsp3) is 0.100. The zero-order chi connectivity index (χ0) is 20.0. The van der Waals surface area contributed by atoms with Gasteiger partial charge in [0.15, 0.2) is 10.5 Å². The Morgan fingerprint density at radius 3 is 2.72 bits per heavy atom. The first-order valence-electron chi connectivity index (χ1n) is 8.95. The molecule has 0 aliphatic heterocycles. The standard InChI is InChI=1S/C20H17N7OS/c1-12-22-16-8-5-14(11-17(16)23-12)24-20-25-19-18(21-9-10-27(19)26-20)13-3-6-15(7-4-13)29(2)28/h3-11H,1-2H3,(H,22,23)(H,24,26). The van der Waals surface area contributed by atoms with Crippen LogP contribution in [0.1, 0.15) is 5.82 Å². The van der Waals surface area contributed by atoms with Crippen LogP contribution in [0.5, 0.6) is 0 Å². The zero-order valence-corrected chi connectivity index (χ0v) is 16.6. The number of nitrogens with one attached hydrogen (secondary N) is 2. The smallest absolute Gasteiger partial charge is 0.247 e. The molecule has 0 aliphatic carbocycles. The van der Waals surface area contributed by atoms with Gasteiger partial charge in [-0.25, -0.2) is 9.50 Å². The second-order valence-electron chi connectivity index (χ2n) is 6.64. The van der Waals surface area contributed by atoms with Crippen molar-refractivity contribution in [2.24, 2.45) is 0 Å². The van der Waals surface area contributed by atoms with Gasteiger partial charge in [0.2, 0.25) is 5.95 Å². The molecular formula is C20H17N7OS. The molecule has 0 bridgehead atoms. The van der Waals surface area contributed by atoms with E-state index in [0.29, 0.717) is 17.3 Å². The van der Waals surface area contributed by atoms with Gasteiger partial charge in [0.05, 0.1) is 11.0 Å². The van der Waals surface area contributed by atoms with Crippen LogP contribution in [-0.2, 0) is 11.2 Å². The molecule has 0 fully saturated rings. The number of fused-ring (bicyclic) bond motifs is 2. The van der Waals surface area contributed by atoms with Crippen molar-refractivity contribution in [3.05, 3.63) is 60.7 Å². The van der Waals surface area contributed by atoms with Crippen molar-refractivity contribution in [1.29, 1.82) is 0 Å². The fourth-order valence-corrected chi connectivity index (χ4v) is 3.74. The number of aromatic amines is 1. The predicted molar refractivity (Wildman–Crippen MR) is 113 cm³/mol. The van der Waals surface area contributed by atoms with Gasteiger partial charge in [-0.1, -0.05) is 0 Å². The van der Waals surface area contributed by atoms with E-state index in [9.17, 15) is 4.55 Å². The molecular weight excluding hydrogens is 386 g/mol. The van der Waals surface area contributed by atoms with E-state index in [-0.39, 0.29) is 0 Å². The Morgan fingerprint density at radius 2 is 1.93 bits per heavy atom. The summed E-state index contributed by atoms with van der Waals surface area (Å²) in [6.45, 7) is 1.93. The Bertz CT molecular complexity index is 1320. The highest BCUT2D eigenvalue weighted by atomic mass is 32.2. The average Bonchev–Trinajstić information content (AvgIpc) is 3.29. The lowest BCUT2D eigenvalue weighted by Crippen LogP contribution is -1.97. The molecule has 29 heavy (non-hydrogen) atoms. The third-order valence-electron chi connectivity index (χ3n) is 4.57. The number of aryl methyl sites for hydroxylation is 1. The Morgan fingerprint density at radius 1 is 1.10 bits per heavy atom. The van der Waals surface area contributed by atoms with E-state index in [2.05, 4.69) is 30.4 Å². The van der Waals surface area contributed by atoms with Gasteiger partial charge in [-0.15, -0.1) is 5.10 Å². The monoisotopic (exact) mass is 403 g/mol. The Hall–Kier alpha value is -3.43. The van der Waals surface area contributed by atoms with Gasteiger partial charge in [0.1, 0.15) is 17.8 Å². The number of H-pyrrole nitrogens is 1. The highest BCUT2D eigenvalue weighted by Gasteiger charge is 2.13. The van der Waals surface area contributed by atoms with Crippen molar-refractivity contribution in [1.82, 2.24) is 29.5 Å². The number of aromatic nitrogens is 6. The molecule has 2 N–H and O–H groups in total. The Balaban J connectivity index is 1.50. The summed E-state index contributed by atoms with van der Waals surface area (Å²) < 4.78 is 13.3. The number of imidazole rings is 1. The highest BCUT2D eigenvalue weighted by Crippen LogP contribution is 2.25. The van der Waals surface area contributed by atoms with Crippen molar-refractivity contribution in [3.63, 3.8) is 0 Å². The molecule has 0 radical (unpaired) electrons. The van der Waals surface area contributed by atoms with Crippen molar-refractivity contribution in [2.45, 2.75) is 11.8 Å². The van der Waals surface area contributed by atoms with Gasteiger partial charge in [0.25, 0.3) is 0 Å². The first-order valence-corrected chi connectivity index (χ1v) is 10.5. The summed E-state index contributed by atoms with van der Waals surface area (Å²) in [5.41, 5.74) is 4.95. The lowest BCUT2D eigenvalue weighted by Gasteiger charge is -2.05. The van der Waals surface area contributed by atoms with Crippen LogP contribution in [-0.4, -0.2) is 40.4 Å². The normalized spacial score (nSPS) is 12.5. The summed E-state index contributed by atoms with van der Waals surface area (Å²) in [5, 5.41) is 7.74. The molecule has 0 amide bonds. The van der Waals surface area contributed by atoms with Gasteiger partial charge in [-0.05, 0) is 60.6 Å². The van der Waals surface area contributed by atoms with Gasteiger partial charge < -0.3 is 14.9 Å². The minimum absolute atomic E-state index is 0.470. The molecule has 3 heterocycles. The lowest BCUT2D eigenvalue weighted by molar-refractivity contribution is 0.601. The van der Waals surface area contributed by atoms with Crippen LogP contribution in [0.15, 0.2) is 59.8 Å². The van der Waals surface area contributed by atoms with E-state index in [0.717, 1.165) is 33.0 Å². The van der Waals surface area contributed by atoms with Crippen LogP contribution in [0.2, 0.25) is 0 Å². The number of hydrogen-bond donors (Lipinski definition) is 2. The Kier molecular flexibility index (Phi) is 4.18. The molecule has 0 aliphatic rings. The summed E-state index contributed by atoms with van der Waals surface area (Å²) in [6.07, 6.45) is 5.10. The molecule has 0 spiro atoms. The molecule has 2 aromatic carbocycles. The van der Waals surface area contributed by atoms with Crippen LogP contribution < -0.4 is 5.32 Å². The number of benzene rings is 2. The van der Waals surface area contributed by atoms with Crippen LogP contribution in [0.3, 0.4) is 0 Å². The molecule has 5 aromatic rings. The van der Waals surface area contributed by atoms with E-state index in [1.807, 2.05) is 49.4 Å². The summed E-state index contributed by atoms with van der Waals surface area (Å²) in [5.74, 6) is 1.34. The first kappa shape index (κ1) is 17.7. The lowest BCUT2D eigenvalue weighted by atomic mass is 10.1. The predicted octanol–water partition coefficient (Wildman–Crippen LogP) is 3.46. The van der Waals surface area contributed by atoms with Crippen LogP contribution in [0.25, 0.3) is 27.9 Å². The van der Waals surface area contributed by atoms with Crippen molar-refractivity contribution >= 4 is 39.5 Å². The average molecular weight is 403 g/mol. The van der Waals surface area contributed by atoms with E-state index in [4.69, 9.17) is 0 Å². The molecule has 0 saturated heterocycles. The summed E-state index contributed by atoms with van der Waals surface area (Å²) in [6, 6.07) is 13.4. The van der Waals surface area contributed by atoms with Crippen LogP contribution >= 0.6 is 0 Å². The van der Waals surface area contributed by atoms with Crippen LogP contribution in [0, 0.1) is 6.92 Å². The van der Waals surface area contributed by atoms with E-state index in [1.165, 1.54) is 0 Å². The SMILES string of the molecule is Cc1nc2cc(Nc3nc4c(-c5ccc([S+](C)[O-])cc5)nccn4n3)ccc2[nH]1. The molecule has 144 valence electrons. The zero-order valence-electron chi connectivity index (χ0n) is 15.7. The topological polar surface area (TPSA) is 107 Å². The number of rotatable bonds is 4. The maximum Gasteiger partial charge on any atom is 0.247 e. The Labute approximate surface area is 169 Å². The molecule has 1 unspecified atom stereocenters. The fourth-order valence-electron chi connectivity index (χ4n) is 3.22. The minimum Gasteiger partial charge on any atom is -0.612 e. The molecule has 3 aromatic heterocycles. The van der Waals surface area contributed by atoms with E-state index in [1.54, 1.807) is 23.2 Å². The van der Waals surface area contributed by atoms with Gasteiger partial charge in [0, 0.05) is 23.6 Å². The highest BCUT2D eigenvalue weighted by molar-refractivity contribution is 7.90. The number of nitrogens with zero attached hydrogens (tertiary/aromatic N) is 5. The molecule has 9 heteroatoms. The van der Waals surface area contributed by atoms with E-state index < -0.39 is 11.2 Å². The number of anilines is 2. The van der Waals surface area contributed by atoms with Crippen molar-refractivity contribution in [2.75, 3.05) is 11.6 Å². The maximum atomic E-state index is 11.6. The molecule has 5 rings (SSSR count). The maximum absolute atomic E-state index is 11.6. The summed E-state index contributed by atoms with van der Waals surface area (Å²) in [7, 11) is 0. The third kappa shape index (κ3) is 3.30. The van der Waals surface area contributed by atoms with Gasteiger partial charge >= 0.3 is 0 Å². The second-order valence-corrected chi connectivity index (χ2v) is 8.02. The van der Waals surface area contributed by atoms with Gasteiger partial charge in [-0.2, -0.15) is 4.98 Å². The summed E-state index contributed by atoms with van der Waals surface area (Å²) >= 11 is -1.02. The van der Waals surface area contributed by atoms with Crippen molar-refractivity contribution < 1.29 is 4.55 Å². The molecule has 8 nitrogen and oxygen atoms in total. The van der Waals surface area contributed by atoms with Gasteiger partial charge in [-0.3, -0.25) is 4.98 Å². The number of hydrogen-bond acceptors (Lipinski definition) is 6. The first-order chi connectivity index (χ1) is 14.1. The molecule has 1 atom stereocenters. The van der Waals surface area contributed by atoms with Crippen molar-refractivity contribution in [3.8, 4) is 11.3 Å². The largest absolute Gasteiger partial charge is 0.612 e. The van der Waals surface area contributed by atoms with Crippen LogP contribution in [0.4, 0.5) is 11.6 Å². The van der Waals surface area contributed by atoms with E-state index >= 15 is 0 Å². The molecule has 0 saturated carbocycles. The summed E-state index contributed by atoms with van der Waals surface area (Å²) in [4.78, 5) is 17.5. The quantitative estimate of drug-likeness (QED) is 0.445.